The molecule has 0 spiro atoms. The predicted molar refractivity (Wildman–Crippen MR) is 92.7 cm³/mol. The highest BCUT2D eigenvalue weighted by Crippen LogP contribution is 2.25. The largest absolute Gasteiger partial charge is 0.350 e. The predicted octanol–water partition coefficient (Wildman–Crippen LogP) is 3.02. The van der Waals surface area contributed by atoms with Gasteiger partial charge < -0.3 is 14.4 Å². The summed E-state index contributed by atoms with van der Waals surface area (Å²) in [4.78, 5) is 26.5. The number of Topliss-reactive ketones (excluding diaryl/α,β-unsaturated/α-hetero) is 1. The molecule has 1 aromatic carbocycles. The number of hydrogen-bond acceptors (Lipinski definition) is 4. The number of carbonyl (C=O) groups is 2. The number of rotatable bonds is 5. The van der Waals surface area contributed by atoms with E-state index < -0.39 is 0 Å². The van der Waals surface area contributed by atoms with Crippen LogP contribution >= 0.6 is 15.9 Å². The second-order valence-corrected chi connectivity index (χ2v) is 7.20. The van der Waals surface area contributed by atoms with E-state index in [1.165, 1.54) is 0 Å². The number of hydrogen-bond donors (Lipinski definition) is 0. The standard InChI is InChI=1S/C18H22BrNO4/c19-15-5-3-13(4-6-15)16(21)7-8-17(22)20-9-1-2-14(12-20)18-23-10-11-24-18/h3-6,14,18H,1-2,7-12H2. The molecule has 0 aliphatic carbocycles. The maximum atomic E-state index is 12.4. The van der Waals surface area contributed by atoms with Crippen molar-refractivity contribution in [2.24, 2.45) is 5.92 Å². The van der Waals surface area contributed by atoms with E-state index in [0.717, 1.165) is 23.9 Å². The van der Waals surface area contributed by atoms with Crippen molar-refractivity contribution in [2.45, 2.75) is 32.0 Å². The zero-order valence-electron chi connectivity index (χ0n) is 13.6. The molecule has 3 rings (SSSR count). The molecule has 2 fully saturated rings. The van der Waals surface area contributed by atoms with Crippen molar-refractivity contribution in [3.63, 3.8) is 0 Å². The topological polar surface area (TPSA) is 55.8 Å². The van der Waals surface area contributed by atoms with Crippen molar-refractivity contribution in [1.29, 1.82) is 0 Å². The number of benzene rings is 1. The van der Waals surface area contributed by atoms with Gasteiger partial charge in [-0.1, -0.05) is 28.1 Å². The number of ether oxygens (including phenoxy) is 2. The SMILES string of the molecule is O=C(CCC(=O)N1CCCC(C2OCCO2)C1)c1ccc(Br)cc1. The van der Waals surface area contributed by atoms with E-state index in [2.05, 4.69) is 15.9 Å². The summed E-state index contributed by atoms with van der Waals surface area (Å²) in [5, 5.41) is 0. The summed E-state index contributed by atoms with van der Waals surface area (Å²) in [6.45, 7) is 2.69. The number of ketones is 1. The lowest BCUT2D eigenvalue weighted by molar-refractivity contribution is -0.139. The minimum absolute atomic E-state index is 0.00636. The molecule has 1 amide bonds. The van der Waals surface area contributed by atoms with Crippen LogP contribution in [-0.4, -0.2) is 49.2 Å². The molecule has 6 heteroatoms. The molecular weight excluding hydrogens is 374 g/mol. The first-order chi connectivity index (χ1) is 11.6. The summed E-state index contributed by atoms with van der Waals surface area (Å²) >= 11 is 3.35. The Labute approximate surface area is 150 Å². The van der Waals surface area contributed by atoms with Gasteiger partial charge in [-0.2, -0.15) is 0 Å². The second kappa shape index (κ2) is 8.23. The summed E-state index contributed by atoms with van der Waals surface area (Å²) < 4.78 is 12.1. The molecule has 130 valence electrons. The number of nitrogens with zero attached hydrogens (tertiary/aromatic N) is 1. The van der Waals surface area contributed by atoms with Crippen LogP contribution in [0.2, 0.25) is 0 Å². The zero-order chi connectivity index (χ0) is 16.9. The fraction of sp³-hybridized carbons (Fsp3) is 0.556. The van der Waals surface area contributed by atoms with Gasteiger partial charge in [-0.25, -0.2) is 0 Å². The first kappa shape index (κ1) is 17.6. The number of amides is 1. The number of piperidine rings is 1. The summed E-state index contributed by atoms with van der Waals surface area (Å²) in [5.41, 5.74) is 0.648. The van der Waals surface area contributed by atoms with Gasteiger partial charge in [0, 0.05) is 41.9 Å². The quantitative estimate of drug-likeness (QED) is 0.718. The van der Waals surface area contributed by atoms with Crippen LogP contribution in [0.4, 0.5) is 0 Å². The lowest BCUT2D eigenvalue weighted by Crippen LogP contribution is -2.43. The maximum absolute atomic E-state index is 12.4. The van der Waals surface area contributed by atoms with Crippen molar-refractivity contribution >= 4 is 27.6 Å². The van der Waals surface area contributed by atoms with Crippen LogP contribution in [0.1, 0.15) is 36.0 Å². The smallest absolute Gasteiger partial charge is 0.223 e. The molecule has 0 aromatic heterocycles. The molecule has 0 radical (unpaired) electrons. The summed E-state index contributed by atoms with van der Waals surface area (Å²) in [5.74, 6) is 0.294. The average molecular weight is 396 g/mol. The van der Waals surface area contributed by atoms with E-state index in [1.54, 1.807) is 12.1 Å². The Hall–Kier alpha value is -1.24. The first-order valence-electron chi connectivity index (χ1n) is 8.43. The lowest BCUT2D eigenvalue weighted by atomic mass is 9.96. The Morgan fingerprint density at radius 3 is 2.54 bits per heavy atom. The van der Waals surface area contributed by atoms with Gasteiger partial charge in [-0.15, -0.1) is 0 Å². The van der Waals surface area contributed by atoms with Gasteiger partial charge in [-0.05, 0) is 25.0 Å². The highest BCUT2D eigenvalue weighted by atomic mass is 79.9. The Morgan fingerprint density at radius 2 is 1.83 bits per heavy atom. The molecule has 0 N–H and O–H groups in total. The Bertz CT molecular complexity index is 583. The highest BCUT2D eigenvalue weighted by Gasteiger charge is 2.32. The van der Waals surface area contributed by atoms with Crippen molar-refractivity contribution in [3.05, 3.63) is 34.3 Å². The molecule has 1 aromatic rings. The second-order valence-electron chi connectivity index (χ2n) is 6.28. The van der Waals surface area contributed by atoms with Gasteiger partial charge >= 0.3 is 0 Å². The lowest BCUT2D eigenvalue weighted by Gasteiger charge is -2.34. The van der Waals surface area contributed by atoms with Gasteiger partial charge in [0.05, 0.1) is 13.2 Å². The summed E-state index contributed by atoms with van der Waals surface area (Å²) in [6, 6.07) is 7.24. The maximum Gasteiger partial charge on any atom is 0.223 e. The van der Waals surface area contributed by atoms with Crippen LogP contribution < -0.4 is 0 Å². The normalized spacial score (nSPS) is 21.9. The van der Waals surface area contributed by atoms with E-state index in [0.29, 0.717) is 25.3 Å². The molecule has 2 aliphatic heterocycles. The molecule has 2 heterocycles. The number of halogens is 1. The first-order valence-corrected chi connectivity index (χ1v) is 9.22. The van der Waals surface area contributed by atoms with Crippen molar-refractivity contribution in [1.82, 2.24) is 4.90 Å². The van der Waals surface area contributed by atoms with Gasteiger partial charge in [0.2, 0.25) is 5.91 Å². The van der Waals surface area contributed by atoms with E-state index >= 15 is 0 Å². The molecule has 1 unspecified atom stereocenters. The van der Waals surface area contributed by atoms with Crippen LogP contribution in [0.5, 0.6) is 0 Å². The zero-order valence-corrected chi connectivity index (χ0v) is 15.2. The van der Waals surface area contributed by atoms with E-state index in [4.69, 9.17) is 9.47 Å². The molecule has 5 nitrogen and oxygen atoms in total. The molecule has 0 saturated carbocycles. The van der Waals surface area contributed by atoms with Crippen molar-refractivity contribution in [2.75, 3.05) is 26.3 Å². The van der Waals surface area contributed by atoms with E-state index in [1.807, 2.05) is 17.0 Å². The highest BCUT2D eigenvalue weighted by molar-refractivity contribution is 9.10. The van der Waals surface area contributed by atoms with Gasteiger partial charge in [0.1, 0.15) is 0 Å². The number of carbonyl (C=O) groups excluding carboxylic acids is 2. The van der Waals surface area contributed by atoms with Gasteiger partial charge in [-0.3, -0.25) is 9.59 Å². The molecule has 2 aliphatic rings. The molecule has 0 bridgehead atoms. The molecule has 24 heavy (non-hydrogen) atoms. The fourth-order valence-corrected chi connectivity index (χ4v) is 3.53. The van der Waals surface area contributed by atoms with Crippen LogP contribution in [0.3, 0.4) is 0 Å². The summed E-state index contributed by atoms with van der Waals surface area (Å²) in [7, 11) is 0. The average Bonchev–Trinajstić information content (AvgIpc) is 3.15. The van der Waals surface area contributed by atoms with Crippen LogP contribution in [0, 0.1) is 5.92 Å². The third kappa shape index (κ3) is 4.43. The Kier molecular flexibility index (Phi) is 6.03. The van der Waals surface area contributed by atoms with Gasteiger partial charge in [0.15, 0.2) is 12.1 Å². The summed E-state index contributed by atoms with van der Waals surface area (Å²) in [6.07, 6.45) is 2.31. The van der Waals surface area contributed by atoms with E-state index in [-0.39, 0.29) is 36.7 Å². The minimum atomic E-state index is -0.176. The third-order valence-corrected chi connectivity index (χ3v) is 5.10. The monoisotopic (exact) mass is 395 g/mol. The fourth-order valence-electron chi connectivity index (χ4n) is 3.27. The minimum Gasteiger partial charge on any atom is -0.350 e. The molecule has 2 saturated heterocycles. The molecule has 1 atom stereocenters. The molecular formula is C18H22BrNO4. The van der Waals surface area contributed by atoms with Crippen molar-refractivity contribution in [3.8, 4) is 0 Å². The third-order valence-electron chi connectivity index (χ3n) is 4.58. The Balaban J connectivity index is 1.49. The number of likely N-dealkylation sites (tertiary alicyclic amines) is 1. The van der Waals surface area contributed by atoms with Gasteiger partial charge in [0.25, 0.3) is 0 Å². The van der Waals surface area contributed by atoms with Crippen LogP contribution in [0.15, 0.2) is 28.7 Å². The van der Waals surface area contributed by atoms with Crippen molar-refractivity contribution < 1.29 is 19.1 Å². The van der Waals surface area contributed by atoms with Crippen LogP contribution in [-0.2, 0) is 14.3 Å². The Morgan fingerprint density at radius 1 is 1.12 bits per heavy atom. The van der Waals surface area contributed by atoms with E-state index in [9.17, 15) is 9.59 Å². The van der Waals surface area contributed by atoms with Crippen LogP contribution in [0.25, 0.3) is 0 Å².